The molecule has 0 radical (unpaired) electrons. The summed E-state index contributed by atoms with van der Waals surface area (Å²) in [5.41, 5.74) is 4.56. The first kappa shape index (κ1) is 14.0. The van der Waals surface area contributed by atoms with Gasteiger partial charge in [0.15, 0.2) is 5.82 Å². The highest BCUT2D eigenvalue weighted by Gasteiger charge is 2.09. The van der Waals surface area contributed by atoms with Crippen LogP contribution in [0.5, 0.6) is 0 Å². The highest BCUT2D eigenvalue weighted by atomic mass is 19.1. The van der Waals surface area contributed by atoms with Crippen LogP contribution in [0.4, 0.5) is 21.8 Å². The molecule has 0 aliphatic carbocycles. The average molecular weight is 295 g/mol. The van der Waals surface area contributed by atoms with Gasteiger partial charge in [-0.15, -0.1) is 0 Å². The second-order valence-electron chi connectivity index (χ2n) is 4.57. The first-order valence-corrected chi connectivity index (χ1v) is 6.68. The van der Waals surface area contributed by atoms with Crippen LogP contribution in [0.2, 0.25) is 0 Å². The van der Waals surface area contributed by atoms with E-state index in [1.54, 1.807) is 24.4 Å². The lowest BCUT2D eigenvalue weighted by Crippen LogP contribution is -2.11. The minimum atomic E-state index is -0.375. The summed E-state index contributed by atoms with van der Waals surface area (Å²) in [5, 5.41) is 2.83. The number of benzene rings is 2. The Morgan fingerprint density at radius 1 is 0.955 bits per heavy atom. The normalized spacial score (nSPS) is 10.3. The van der Waals surface area contributed by atoms with Crippen LogP contribution in [0.1, 0.15) is 0 Å². The highest BCUT2D eigenvalue weighted by Crippen LogP contribution is 2.26. The summed E-state index contributed by atoms with van der Waals surface area (Å²) >= 11 is 0. The van der Waals surface area contributed by atoms with E-state index in [1.807, 2.05) is 30.3 Å². The predicted molar refractivity (Wildman–Crippen MR) is 85.0 cm³/mol. The number of halogens is 1. The van der Waals surface area contributed by atoms with E-state index in [0.29, 0.717) is 11.5 Å². The standard InChI is InChI=1S/C16H14FN5/c17-13-8-4-5-9-14(13)20-16-19-10-12(15(21-16)22-18)11-6-2-1-3-7-11/h1-10H,18H2,(H2,19,20,21,22). The predicted octanol–water partition coefficient (Wildman–Crippen LogP) is 3.31. The number of aromatic nitrogens is 2. The van der Waals surface area contributed by atoms with E-state index in [0.717, 1.165) is 11.1 Å². The van der Waals surface area contributed by atoms with Crippen molar-refractivity contribution in [1.29, 1.82) is 0 Å². The van der Waals surface area contributed by atoms with Crippen molar-refractivity contribution in [3.63, 3.8) is 0 Å². The van der Waals surface area contributed by atoms with Gasteiger partial charge in [-0.3, -0.25) is 0 Å². The Bertz CT molecular complexity index is 776. The number of hydrazine groups is 1. The van der Waals surface area contributed by atoms with Gasteiger partial charge in [-0.1, -0.05) is 42.5 Å². The molecule has 3 rings (SSSR count). The van der Waals surface area contributed by atoms with Crippen molar-refractivity contribution < 1.29 is 4.39 Å². The van der Waals surface area contributed by atoms with Crippen LogP contribution in [0.15, 0.2) is 60.8 Å². The summed E-state index contributed by atoms with van der Waals surface area (Å²) in [6, 6.07) is 15.9. The molecule has 0 aliphatic rings. The molecule has 0 saturated heterocycles. The maximum absolute atomic E-state index is 13.6. The zero-order valence-electron chi connectivity index (χ0n) is 11.6. The zero-order chi connectivity index (χ0) is 15.4. The van der Waals surface area contributed by atoms with E-state index < -0.39 is 0 Å². The molecule has 0 unspecified atom stereocenters. The number of nitrogens with zero attached hydrogens (tertiary/aromatic N) is 2. The third-order valence-corrected chi connectivity index (χ3v) is 3.13. The molecular formula is C16H14FN5. The Hall–Kier alpha value is -2.99. The summed E-state index contributed by atoms with van der Waals surface area (Å²) in [7, 11) is 0. The number of hydrogen-bond acceptors (Lipinski definition) is 5. The van der Waals surface area contributed by atoms with Gasteiger partial charge in [0.1, 0.15) is 5.82 Å². The molecule has 0 spiro atoms. The van der Waals surface area contributed by atoms with Crippen molar-refractivity contribution in [2.45, 2.75) is 0 Å². The smallest absolute Gasteiger partial charge is 0.229 e. The summed E-state index contributed by atoms with van der Waals surface area (Å²) in [6.45, 7) is 0. The van der Waals surface area contributed by atoms with E-state index in [9.17, 15) is 4.39 Å². The van der Waals surface area contributed by atoms with Gasteiger partial charge < -0.3 is 10.7 Å². The fourth-order valence-electron chi connectivity index (χ4n) is 2.06. The summed E-state index contributed by atoms with van der Waals surface area (Å²) in [5.74, 6) is 5.88. The van der Waals surface area contributed by atoms with Gasteiger partial charge in [0, 0.05) is 11.8 Å². The van der Waals surface area contributed by atoms with E-state index in [4.69, 9.17) is 5.84 Å². The van der Waals surface area contributed by atoms with Crippen LogP contribution >= 0.6 is 0 Å². The number of nitrogens with two attached hydrogens (primary N) is 1. The monoisotopic (exact) mass is 295 g/mol. The second kappa shape index (κ2) is 6.19. The lowest BCUT2D eigenvalue weighted by atomic mass is 10.1. The lowest BCUT2D eigenvalue weighted by molar-refractivity contribution is 0.631. The summed E-state index contributed by atoms with van der Waals surface area (Å²) in [6.07, 6.45) is 1.64. The van der Waals surface area contributed by atoms with Gasteiger partial charge >= 0.3 is 0 Å². The van der Waals surface area contributed by atoms with Crippen molar-refractivity contribution in [1.82, 2.24) is 9.97 Å². The molecule has 0 saturated carbocycles. The molecule has 4 N–H and O–H groups in total. The fraction of sp³-hybridized carbons (Fsp3) is 0. The van der Waals surface area contributed by atoms with Crippen molar-refractivity contribution >= 4 is 17.5 Å². The van der Waals surface area contributed by atoms with E-state index >= 15 is 0 Å². The molecule has 0 bridgehead atoms. The largest absolute Gasteiger partial charge is 0.322 e. The van der Waals surface area contributed by atoms with Gasteiger partial charge in [-0.25, -0.2) is 15.2 Å². The first-order chi connectivity index (χ1) is 10.8. The Kier molecular flexibility index (Phi) is 3.93. The maximum Gasteiger partial charge on any atom is 0.229 e. The van der Waals surface area contributed by atoms with Crippen LogP contribution in [0.25, 0.3) is 11.1 Å². The van der Waals surface area contributed by atoms with E-state index in [2.05, 4.69) is 20.7 Å². The van der Waals surface area contributed by atoms with Crippen LogP contribution in [-0.4, -0.2) is 9.97 Å². The number of hydrogen-bond donors (Lipinski definition) is 3. The van der Waals surface area contributed by atoms with Gasteiger partial charge in [0.2, 0.25) is 5.95 Å². The van der Waals surface area contributed by atoms with Crippen LogP contribution in [0, 0.1) is 5.82 Å². The fourth-order valence-corrected chi connectivity index (χ4v) is 2.06. The zero-order valence-corrected chi connectivity index (χ0v) is 11.6. The molecule has 0 aliphatic heterocycles. The van der Waals surface area contributed by atoms with Gasteiger partial charge in [0.25, 0.3) is 0 Å². The molecule has 0 atom stereocenters. The molecule has 6 heteroatoms. The second-order valence-corrected chi connectivity index (χ2v) is 4.57. The van der Waals surface area contributed by atoms with Gasteiger partial charge in [0.05, 0.1) is 5.69 Å². The number of nitrogen functional groups attached to an aromatic ring is 1. The molecule has 5 nitrogen and oxygen atoms in total. The van der Waals surface area contributed by atoms with Crippen molar-refractivity contribution in [3.05, 3.63) is 66.6 Å². The molecule has 1 heterocycles. The lowest BCUT2D eigenvalue weighted by Gasteiger charge is -2.11. The molecule has 110 valence electrons. The molecule has 22 heavy (non-hydrogen) atoms. The minimum Gasteiger partial charge on any atom is -0.322 e. The van der Waals surface area contributed by atoms with Gasteiger partial charge in [-0.05, 0) is 17.7 Å². The minimum absolute atomic E-state index is 0.262. The highest BCUT2D eigenvalue weighted by molar-refractivity contribution is 5.75. The first-order valence-electron chi connectivity index (χ1n) is 6.68. The number of para-hydroxylation sites is 1. The molecule has 0 amide bonds. The van der Waals surface area contributed by atoms with E-state index in [-0.39, 0.29) is 11.8 Å². The Labute approximate surface area is 127 Å². The van der Waals surface area contributed by atoms with Crippen molar-refractivity contribution in [2.24, 2.45) is 5.84 Å². The quantitative estimate of drug-likeness (QED) is 0.508. The van der Waals surface area contributed by atoms with Crippen molar-refractivity contribution in [2.75, 3.05) is 10.7 Å². The van der Waals surface area contributed by atoms with Crippen LogP contribution < -0.4 is 16.6 Å². The third-order valence-electron chi connectivity index (χ3n) is 3.13. The molecule has 3 aromatic rings. The topological polar surface area (TPSA) is 75.9 Å². The molecule has 1 aromatic heterocycles. The number of rotatable bonds is 4. The Morgan fingerprint density at radius 2 is 1.68 bits per heavy atom. The number of nitrogens with one attached hydrogen (secondary N) is 2. The maximum atomic E-state index is 13.6. The Morgan fingerprint density at radius 3 is 2.41 bits per heavy atom. The summed E-state index contributed by atoms with van der Waals surface area (Å²) < 4.78 is 13.6. The third kappa shape index (κ3) is 2.87. The summed E-state index contributed by atoms with van der Waals surface area (Å²) in [4.78, 5) is 8.49. The van der Waals surface area contributed by atoms with Crippen LogP contribution in [-0.2, 0) is 0 Å². The molecule has 0 fully saturated rings. The SMILES string of the molecule is NNc1nc(Nc2ccccc2F)ncc1-c1ccccc1. The molecule has 2 aromatic carbocycles. The Balaban J connectivity index is 1.94. The number of anilines is 3. The van der Waals surface area contributed by atoms with Crippen molar-refractivity contribution in [3.8, 4) is 11.1 Å². The average Bonchev–Trinajstić information content (AvgIpc) is 2.57. The van der Waals surface area contributed by atoms with Gasteiger partial charge in [-0.2, -0.15) is 4.98 Å². The molecular weight excluding hydrogens is 281 g/mol. The van der Waals surface area contributed by atoms with Crippen LogP contribution in [0.3, 0.4) is 0 Å². The van der Waals surface area contributed by atoms with E-state index in [1.165, 1.54) is 6.07 Å².